The zero-order valence-corrected chi connectivity index (χ0v) is 14.9. The van der Waals surface area contributed by atoms with Gasteiger partial charge in [-0.3, -0.25) is 9.67 Å². The van der Waals surface area contributed by atoms with E-state index in [1.165, 1.54) is 12.8 Å². The summed E-state index contributed by atoms with van der Waals surface area (Å²) in [5, 5.41) is 4.41. The van der Waals surface area contributed by atoms with E-state index >= 15 is 0 Å². The molecule has 1 saturated heterocycles. The van der Waals surface area contributed by atoms with Crippen LogP contribution in [0.25, 0.3) is 11.3 Å². The van der Waals surface area contributed by atoms with Crippen molar-refractivity contribution >= 4 is 0 Å². The van der Waals surface area contributed by atoms with Crippen LogP contribution >= 0.6 is 0 Å². The fourth-order valence-corrected chi connectivity index (χ4v) is 3.19. The molecule has 1 fully saturated rings. The summed E-state index contributed by atoms with van der Waals surface area (Å²) in [4.78, 5) is 11.8. The van der Waals surface area contributed by atoms with Gasteiger partial charge in [0.15, 0.2) is 0 Å². The molecule has 0 unspecified atom stereocenters. The first kappa shape index (κ1) is 17.0. The first-order valence-corrected chi connectivity index (χ1v) is 8.75. The van der Waals surface area contributed by atoms with Crippen molar-refractivity contribution in [3.8, 4) is 11.3 Å². The maximum atomic E-state index is 5.21. The highest BCUT2D eigenvalue weighted by atomic mass is 16.5. The summed E-state index contributed by atoms with van der Waals surface area (Å²) in [6.45, 7) is 8.19. The monoisotopic (exact) mass is 329 g/mol. The Morgan fingerprint density at radius 2 is 2.17 bits per heavy atom. The van der Waals surface area contributed by atoms with E-state index in [0.717, 1.165) is 43.2 Å². The van der Waals surface area contributed by atoms with Gasteiger partial charge < -0.3 is 9.64 Å². The van der Waals surface area contributed by atoms with Crippen LogP contribution in [0.3, 0.4) is 0 Å². The van der Waals surface area contributed by atoms with Crippen LogP contribution in [0.2, 0.25) is 0 Å². The second-order valence-electron chi connectivity index (χ2n) is 6.76. The van der Waals surface area contributed by atoms with Crippen molar-refractivity contribution in [1.82, 2.24) is 24.6 Å². The molecule has 0 amide bonds. The van der Waals surface area contributed by atoms with E-state index in [0.29, 0.717) is 12.0 Å². The molecule has 1 aliphatic rings. The second kappa shape index (κ2) is 7.85. The topological polar surface area (TPSA) is 56.1 Å². The van der Waals surface area contributed by atoms with Crippen molar-refractivity contribution in [1.29, 1.82) is 0 Å². The number of ether oxygens (including phenoxy) is 1. The van der Waals surface area contributed by atoms with Crippen molar-refractivity contribution in [3.05, 3.63) is 30.5 Å². The molecule has 6 heteroatoms. The Balaban J connectivity index is 1.74. The Hall–Kier alpha value is -1.79. The zero-order valence-electron chi connectivity index (χ0n) is 14.9. The van der Waals surface area contributed by atoms with Gasteiger partial charge in [0.1, 0.15) is 0 Å². The van der Waals surface area contributed by atoms with E-state index in [1.54, 1.807) is 7.11 Å². The van der Waals surface area contributed by atoms with Crippen molar-refractivity contribution in [2.45, 2.75) is 38.6 Å². The average Bonchev–Trinajstić information content (AvgIpc) is 3.11. The predicted octanol–water partition coefficient (Wildman–Crippen LogP) is 2.75. The summed E-state index contributed by atoms with van der Waals surface area (Å²) >= 11 is 0. The van der Waals surface area contributed by atoms with Crippen LogP contribution in [-0.4, -0.2) is 58.0 Å². The lowest BCUT2D eigenvalue weighted by atomic mass is 9.95. The molecule has 130 valence electrons. The fourth-order valence-electron chi connectivity index (χ4n) is 3.19. The summed E-state index contributed by atoms with van der Waals surface area (Å²) in [6, 6.07) is 0.350. The van der Waals surface area contributed by atoms with Gasteiger partial charge in [-0.2, -0.15) is 5.10 Å². The minimum absolute atomic E-state index is 0.350. The SMILES string of the molecule is COCCN1CCC[C@H](c2cncc(-c3cnn(C(C)C)c3)n2)C1. The van der Waals surface area contributed by atoms with E-state index in [4.69, 9.17) is 9.72 Å². The molecule has 0 radical (unpaired) electrons. The number of hydrogen-bond acceptors (Lipinski definition) is 5. The first-order chi connectivity index (χ1) is 11.7. The normalized spacial score (nSPS) is 19.1. The number of piperidine rings is 1. The molecule has 3 heterocycles. The molecule has 0 saturated carbocycles. The smallest absolute Gasteiger partial charge is 0.0920 e. The summed E-state index contributed by atoms with van der Waals surface area (Å²) in [7, 11) is 1.76. The van der Waals surface area contributed by atoms with Gasteiger partial charge in [0.05, 0.1) is 30.4 Å². The Kier molecular flexibility index (Phi) is 5.58. The highest BCUT2D eigenvalue weighted by Crippen LogP contribution is 2.27. The molecule has 1 aliphatic heterocycles. The molecule has 6 nitrogen and oxygen atoms in total. The van der Waals surface area contributed by atoms with Crippen LogP contribution in [-0.2, 0) is 4.74 Å². The lowest BCUT2D eigenvalue weighted by Gasteiger charge is -2.32. The molecule has 1 atom stereocenters. The number of methoxy groups -OCH3 is 1. The minimum Gasteiger partial charge on any atom is -0.383 e. The van der Waals surface area contributed by atoms with Crippen LogP contribution < -0.4 is 0 Å². The molecular weight excluding hydrogens is 302 g/mol. The molecule has 0 aliphatic carbocycles. The van der Waals surface area contributed by atoms with Gasteiger partial charge in [0, 0.05) is 50.1 Å². The molecule has 2 aromatic heterocycles. The average molecular weight is 329 g/mol. The van der Waals surface area contributed by atoms with Gasteiger partial charge >= 0.3 is 0 Å². The number of aromatic nitrogens is 4. The molecule has 0 spiro atoms. The third kappa shape index (κ3) is 3.99. The van der Waals surface area contributed by atoms with E-state index in [2.05, 4.69) is 28.8 Å². The largest absolute Gasteiger partial charge is 0.383 e. The van der Waals surface area contributed by atoms with Gasteiger partial charge in [-0.1, -0.05) is 0 Å². The Bertz CT molecular complexity index is 654. The maximum absolute atomic E-state index is 5.21. The Morgan fingerprint density at radius 3 is 2.92 bits per heavy atom. The number of likely N-dealkylation sites (tertiary alicyclic amines) is 1. The third-order valence-electron chi connectivity index (χ3n) is 4.61. The summed E-state index contributed by atoms with van der Waals surface area (Å²) in [5.74, 6) is 0.447. The molecule has 3 rings (SSSR count). The van der Waals surface area contributed by atoms with Crippen molar-refractivity contribution in [2.75, 3.05) is 33.4 Å². The first-order valence-electron chi connectivity index (χ1n) is 8.75. The zero-order chi connectivity index (χ0) is 16.9. The molecule has 0 bridgehead atoms. The Morgan fingerprint density at radius 1 is 1.29 bits per heavy atom. The highest BCUT2D eigenvalue weighted by molar-refractivity contribution is 5.55. The predicted molar refractivity (Wildman–Crippen MR) is 93.9 cm³/mol. The van der Waals surface area contributed by atoms with Crippen LogP contribution in [0.5, 0.6) is 0 Å². The van der Waals surface area contributed by atoms with Gasteiger partial charge in [-0.25, -0.2) is 4.98 Å². The van der Waals surface area contributed by atoms with Gasteiger partial charge in [0.2, 0.25) is 0 Å². The molecule has 24 heavy (non-hydrogen) atoms. The van der Waals surface area contributed by atoms with E-state index < -0.39 is 0 Å². The van der Waals surface area contributed by atoms with Crippen molar-refractivity contribution in [3.63, 3.8) is 0 Å². The highest BCUT2D eigenvalue weighted by Gasteiger charge is 2.22. The van der Waals surface area contributed by atoms with E-state index in [-0.39, 0.29) is 0 Å². The van der Waals surface area contributed by atoms with Crippen molar-refractivity contribution < 1.29 is 4.74 Å². The fraction of sp³-hybridized carbons (Fsp3) is 0.611. The molecule has 0 N–H and O–H groups in total. The van der Waals surface area contributed by atoms with E-state index in [1.807, 2.05) is 29.5 Å². The quantitative estimate of drug-likeness (QED) is 0.815. The summed E-state index contributed by atoms with van der Waals surface area (Å²) in [5.41, 5.74) is 3.03. The number of nitrogens with zero attached hydrogens (tertiary/aromatic N) is 5. The van der Waals surface area contributed by atoms with Crippen LogP contribution in [0, 0.1) is 0 Å². The van der Waals surface area contributed by atoms with Crippen LogP contribution in [0.4, 0.5) is 0 Å². The van der Waals surface area contributed by atoms with Crippen molar-refractivity contribution in [2.24, 2.45) is 0 Å². The summed E-state index contributed by atoms with van der Waals surface area (Å²) in [6.07, 6.45) is 10.0. The maximum Gasteiger partial charge on any atom is 0.0920 e. The molecular formula is C18H27N5O. The number of rotatable bonds is 6. The second-order valence-corrected chi connectivity index (χ2v) is 6.76. The number of hydrogen-bond donors (Lipinski definition) is 0. The lowest BCUT2D eigenvalue weighted by Crippen LogP contribution is -2.36. The van der Waals surface area contributed by atoms with Crippen LogP contribution in [0.1, 0.15) is 44.3 Å². The lowest BCUT2D eigenvalue weighted by molar-refractivity contribution is 0.127. The van der Waals surface area contributed by atoms with Crippen LogP contribution in [0.15, 0.2) is 24.8 Å². The van der Waals surface area contributed by atoms with E-state index in [9.17, 15) is 0 Å². The van der Waals surface area contributed by atoms with Gasteiger partial charge in [-0.05, 0) is 33.2 Å². The summed E-state index contributed by atoms with van der Waals surface area (Å²) < 4.78 is 7.16. The third-order valence-corrected chi connectivity index (χ3v) is 4.61. The standard InChI is InChI=1S/C18H27N5O/c1-14(2)23-13-16(9-20-23)18-11-19-10-17(21-18)15-5-4-6-22(12-15)7-8-24-3/h9-11,13-15H,4-8,12H2,1-3H3/t15-/m0/s1. The minimum atomic E-state index is 0.350. The van der Waals surface area contributed by atoms with Gasteiger partial charge in [0.25, 0.3) is 0 Å². The molecule has 2 aromatic rings. The molecule has 0 aromatic carbocycles. The van der Waals surface area contributed by atoms with Gasteiger partial charge in [-0.15, -0.1) is 0 Å². The Labute approximate surface area is 143 Å².